The van der Waals surface area contributed by atoms with Gasteiger partial charge >= 0.3 is 0 Å². The van der Waals surface area contributed by atoms with Gasteiger partial charge in [-0.25, -0.2) is 9.97 Å². The third kappa shape index (κ3) is 3.06. The van der Waals surface area contributed by atoms with Crippen molar-refractivity contribution < 1.29 is 4.74 Å². The van der Waals surface area contributed by atoms with E-state index in [1.807, 2.05) is 0 Å². The van der Waals surface area contributed by atoms with Crippen molar-refractivity contribution >= 4 is 17.4 Å². The van der Waals surface area contributed by atoms with Gasteiger partial charge in [0.1, 0.15) is 11.3 Å². The first-order chi connectivity index (χ1) is 8.33. The van der Waals surface area contributed by atoms with Crippen molar-refractivity contribution in [3.63, 3.8) is 0 Å². The Labute approximate surface area is 106 Å². The van der Waals surface area contributed by atoms with Crippen LogP contribution < -0.4 is 10.2 Å². The zero-order chi connectivity index (χ0) is 12.1. The summed E-state index contributed by atoms with van der Waals surface area (Å²) in [5, 5.41) is 3.92. The standard InChI is InChI=1S/C11H17ClN4O/c1-2-13-5-9-7-17-4-3-16(9)11-10(12)6-14-8-15-11/h6,8-9,13H,2-5,7H2,1H3. The quantitative estimate of drug-likeness (QED) is 0.869. The molecule has 0 bridgehead atoms. The summed E-state index contributed by atoms with van der Waals surface area (Å²) in [5.74, 6) is 0.799. The number of ether oxygens (including phenoxy) is 1. The molecule has 2 heterocycles. The molecule has 0 saturated carbocycles. The molecule has 1 aromatic rings. The van der Waals surface area contributed by atoms with Crippen LogP contribution in [0.4, 0.5) is 5.82 Å². The van der Waals surface area contributed by atoms with E-state index >= 15 is 0 Å². The number of rotatable bonds is 4. The fraction of sp³-hybridized carbons (Fsp3) is 0.636. The first-order valence-electron chi connectivity index (χ1n) is 5.83. The Morgan fingerprint density at radius 1 is 1.65 bits per heavy atom. The summed E-state index contributed by atoms with van der Waals surface area (Å²) in [6, 6.07) is 0.274. The number of nitrogens with one attached hydrogen (secondary N) is 1. The molecule has 0 amide bonds. The lowest BCUT2D eigenvalue weighted by molar-refractivity contribution is 0.0935. The summed E-state index contributed by atoms with van der Waals surface area (Å²) in [6.07, 6.45) is 3.16. The Kier molecular flexibility index (Phi) is 4.53. The molecule has 1 fully saturated rings. The van der Waals surface area contributed by atoms with Crippen LogP contribution in [0.25, 0.3) is 0 Å². The Hall–Kier alpha value is -0.910. The van der Waals surface area contributed by atoms with Gasteiger partial charge in [0, 0.05) is 13.1 Å². The molecular formula is C11H17ClN4O. The monoisotopic (exact) mass is 256 g/mol. The van der Waals surface area contributed by atoms with Gasteiger partial charge in [0.05, 0.1) is 25.5 Å². The van der Waals surface area contributed by atoms with Crippen LogP contribution >= 0.6 is 11.6 Å². The van der Waals surface area contributed by atoms with Crippen LogP contribution in [-0.4, -0.2) is 48.9 Å². The highest BCUT2D eigenvalue weighted by Gasteiger charge is 2.25. The van der Waals surface area contributed by atoms with E-state index < -0.39 is 0 Å². The number of morpholine rings is 1. The fourth-order valence-electron chi connectivity index (χ4n) is 1.93. The highest BCUT2D eigenvalue weighted by molar-refractivity contribution is 6.32. The molecular weight excluding hydrogens is 240 g/mol. The second kappa shape index (κ2) is 6.14. The lowest BCUT2D eigenvalue weighted by Crippen LogP contribution is -2.51. The lowest BCUT2D eigenvalue weighted by atomic mass is 10.2. The van der Waals surface area contributed by atoms with Crippen LogP contribution in [0.15, 0.2) is 12.5 Å². The van der Waals surface area contributed by atoms with E-state index in [2.05, 4.69) is 27.1 Å². The summed E-state index contributed by atoms with van der Waals surface area (Å²) >= 11 is 6.13. The number of nitrogens with zero attached hydrogens (tertiary/aromatic N) is 3. The van der Waals surface area contributed by atoms with Crippen LogP contribution in [0.3, 0.4) is 0 Å². The van der Waals surface area contributed by atoms with Gasteiger partial charge in [0.15, 0.2) is 5.82 Å². The van der Waals surface area contributed by atoms with Gasteiger partial charge in [-0.1, -0.05) is 18.5 Å². The average Bonchev–Trinajstić information content (AvgIpc) is 2.37. The molecule has 94 valence electrons. The van der Waals surface area contributed by atoms with Gasteiger partial charge in [0.2, 0.25) is 0 Å². The first kappa shape index (κ1) is 12.5. The van der Waals surface area contributed by atoms with E-state index in [0.29, 0.717) is 18.2 Å². The number of halogens is 1. The molecule has 17 heavy (non-hydrogen) atoms. The van der Waals surface area contributed by atoms with Gasteiger partial charge in [-0.05, 0) is 6.54 Å². The third-order valence-corrected chi connectivity index (χ3v) is 3.04. The molecule has 1 aromatic heterocycles. The molecule has 2 rings (SSSR count). The molecule has 1 saturated heterocycles. The van der Waals surface area contributed by atoms with Crippen LogP contribution in [0.5, 0.6) is 0 Å². The molecule has 5 nitrogen and oxygen atoms in total. The highest BCUT2D eigenvalue weighted by Crippen LogP contribution is 2.24. The predicted octanol–water partition coefficient (Wildman–Crippen LogP) is 0.945. The van der Waals surface area contributed by atoms with E-state index in [1.165, 1.54) is 6.33 Å². The zero-order valence-corrected chi connectivity index (χ0v) is 10.7. The van der Waals surface area contributed by atoms with Crippen LogP contribution in [0, 0.1) is 0 Å². The molecule has 1 atom stereocenters. The van der Waals surface area contributed by atoms with Gasteiger partial charge in [-0.2, -0.15) is 0 Å². The Bertz CT molecular complexity index is 363. The van der Waals surface area contributed by atoms with Crippen molar-refractivity contribution in [1.82, 2.24) is 15.3 Å². The predicted molar refractivity (Wildman–Crippen MR) is 67.5 cm³/mol. The lowest BCUT2D eigenvalue weighted by Gasteiger charge is -2.36. The van der Waals surface area contributed by atoms with Crippen molar-refractivity contribution in [3.8, 4) is 0 Å². The van der Waals surface area contributed by atoms with Crippen molar-refractivity contribution in [3.05, 3.63) is 17.5 Å². The first-order valence-corrected chi connectivity index (χ1v) is 6.21. The summed E-state index contributed by atoms with van der Waals surface area (Å²) in [4.78, 5) is 10.4. The number of aromatic nitrogens is 2. The maximum absolute atomic E-state index is 6.13. The summed E-state index contributed by atoms with van der Waals surface area (Å²) in [7, 11) is 0. The molecule has 1 N–H and O–H groups in total. The van der Waals surface area contributed by atoms with E-state index in [4.69, 9.17) is 16.3 Å². The van der Waals surface area contributed by atoms with Gasteiger partial charge in [0.25, 0.3) is 0 Å². The van der Waals surface area contributed by atoms with Crippen LogP contribution in [0.2, 0.25) is 5.02 Å². The maximum atomic E-state index is 6.13. The summed E-state index contributed by atoms with van der Waals surface area (Å²) < 4.78 is 5.50. The molecule has 0 aromatic carbocycles. The number of anilines is 1. The second-order valence-electron chi connectivity index (χ2n) is 3.92. The number of hydrogen-bond donors (Lipinski definition) is 1. The van der Waals surface area contributed by atoms with Crippen LogP contribution in [-0.2, 0) is 4.74 Å². The zero-order valence-electron chi connectivity index (χ0n) is 9.90. The molecule has 6 heteroatoms. The minimum Gasteiger partial charge on any atom is -0.377 e. The topological polar surface area (TPSA) is 50.3 Å². The van der Waals surface area contributed by atoms with Crippen molar-refractivity contribution in [2.75, 3.05) is 37.7 Å². The van der Waals surface area contributed by atoms with Crippen molar-refractivity contribution in [2.24, 2.45) is 0 Å². The largest absolute Gasteiger partial charge is 0.377 e. The van der Waals surface area contributed by atoms with Crippen molar-refractivity contribution in [2.45, 2.75) is 13.0 Å². The minimum absolute atomic E-state index is 0.274. The summed E-state index contributed by atoms with van der Waals surface area (Å²) in [5.41, 5.74) is 0. The van der Waals surface area contributed by atoms with Crippen LogP contribution in [0.1, 0.15) is 6.92 Å². The molecule has 0 radical (unpaired) electrons. The normalized spacial score (nSPS) is 20.6. The third-order valence-electron chi connectivity index (χ3n) is 2.78. The molecule has 1 unspecified atom stereocenters. The Morgan fingerprint density at radius 3 is 3.29 bits per heavy atom. The van der Waals surface area contributed by atoms with E-state index in [1.54, 1.807) is 6.20 Å². The number of likely N-dealkylation sites (N-methyl/N-ethyl adjacent to an activating group) is 1. The smallest absolute Gasteiger partial charge is 0.151 e. The van der Waals surface area contributed by atoms with E-state index in [-0.39, 0.29) is 6.04 Å². The fourth-order valence-corrected chi connectivity index (χ4v) is 2.14. The van der Waals surface area contributed by atoms with Gasteiger partial charge < -0.3 is 15.0 Å². The number of hydrogen-bond acceptors (Lipinski definition) is 5. The molecule has 0 aliphatic carbocycles. The molecule has 1 aliphatic heterocycles. The van der Waals surface area contributed by atoms with E-state index in [9.17, 15) is 0 Å². The minimum atomic E-state index is 0.274. The Balaban J connectivity index is 2.13. The second-order valence-corrected chi connectivity index (χ2v) is 4.33. The molecule has 1 aliphatic rings. The summed E-state index contributed by atoms with van der Waals surface area (Å²) in [6.45, 7) is 6.13. The Morgan fingerprint density at radius 2 is 2.53 bits per heavy atom. The van der Waals surface area contributed by atoms with Crippen molar-refractivity contribution in [1.29, 1.82) is 0 Å². The SMILES string of the molecule is CCNCC1COCCN1c1ncncc1Cl. The molecule has 0 spiro atoms. The van der Waals surface area contributed by atoms with Gasteiger partial charge in [-0.3, -0.25) is 0 Å². The van der Waals surface area contributed by atoms with Gasteiger partial charge in [-0.15, -0.1) is 0 Å². The highest BCUT2D eigenvalue weighted by atomic mass is 35.5. The maximum Gasteiger partial charge on any atom is 0.151 e. The van der Waals surface area contributed by atoms with E-state index in [0.717, 1.165) is 25.5 Å². The average molecular weight is 257 g/mol.